The van der Waals surface area contributed by atoms with Crippen LogP contribution in [-0.4, -0.2) is 4.98 Å². The monoisotopic (exact) mass is 600 g/mol. The van der Waals surface area contributed by atoms with Gasteiger partial charge >= 0.3 is 0 Å². The maximum Gasteiger partial charge on any atom is 0.124 e. The first-order valence-electron chi connectivity index (χ1n) is 15.0. The summed E-state index contributed by atoms with van der Waals surface area (Å²) in [5.41, 5.74) is 11.0. The Balaban J connectivity index is 1.28. The Kier molecular flexibility index (Phi) is 5.62. The number of hydrogen-bond acceptors (Lipinski definition) is 4. The number of anilines is 3. The molecule has 1 aliphatic rings. The predicted octanol–water partition coefficient (Wildman–Crippen LogP) is 12.1. The van der Waals surface area contributed by atoms with E-state index in [1.54, 1.807) is 11.3 Å². The van der Waals surface area contributed by atoms with E-state index in [0.717, 1.165) is 27.5 Å². The Hall–Kier alpha value is -4.77. The van der Waals surface area contributed by atoms with Gasteiger partial charge in [-0.25, -0.2) is 4.98 Å². The van der Waals surface area contributed by atoms with Crippen LogP contribution in [0, 0.1) is 0 Å². The summed E-state index contributed by atoms with van der Waals surface area (Å²) in [4.78, 5) is 7.56. The summed E-state index contributed by atoms with van der Waals surface area (Å²) in [6.07, 6.45) is 0. The third-order valence-electron chi connectivity index (χ3n) is 9.10. The zero-order valence-corrected chi connectivity index (χ0v) is 26.0. The van der Waals surface area contributed by atoms with Crippen molar-refractivity contribution in [3.8, 4) is 21.7 Å². The summed E-state index contributed by atoms with van der Waals surface area (Å²) in [5.74, 6) is 0. The minimum Gasteiger partial charge on any atom is -0.309 e. The average molecular weight is 601 g/mol. The zero-order chi connectivity index (χ0) is 29.4. The van der Waals surface area contributed by atoms with Gasteiger partial charge in [0.25, 0.3) is 0 Å². The summed E-state index contributed by atoms with van der Waals surface area (Å²) >= 11 is 3.62. The van der Waals surface area contributed by atoms with Crippen molar-refractivity contribution in [1.82, 2.24) is 4.98 Å². The van der Waals surface area contributed by atoms with Gasteiger partial charge in [-0.3, -0.25) is 0 Å². The Morgan fingerprint density at radius 1 is 0.568 bits per heavy atom. The minimum atomic E-state index is -0.0827. The molecule has 4 heteroatoms. The second-order valence-electron chi connectivity index (χ2n) is 12.0. The number of hydrogen-bond donors (Lipinski definition) is 0. The number of thiophene rings is 1. The second kappa shape index (κ2) is 9.62. The fourth-order valence-corrected chi connectivity index (χ4v) is 9.08. The van der Waals surface area contributed by atoms with Crippen LogP contribution in [-0.2, 0) is 5.41 Å². The molecule has 0 radical (unpaired) electrons. The Morgan fingerprint density at radius 3 is 2.20 bits per heavy atom. The van der Waals surface area contributed by atoms with Gasteiger partial charge in [0.2, 0.25) is 0 Å². The van der Waals surface area contributed by atoms with Crippen LogP contribution >= 0.6 is 22.7 Å². The summed E-state index contributed by atoms with van der Waals surface area (Å²) in [7, 11) is 0. The number of rotatable bonds is 4. The Labute approximate surface area is 264 Å². The quantitative estimate of drug-likeness (QED) is 0.200. The molecule has 2 aromatic heterocycles. The third kappa shape index (κ3) is 3.81. The second-order valence-corrected chi connectivity index (χ2v) is 14.1. The zero-order valence-electron chi connectivity index (χ0n) is 24.4. The molecule has 8 aromatic rings. The van der Waals surface area contributed by atoms with Crippen molar-refractivity contribution in [3.05, 3.63) is 145 Å². The molecular formula is C40H28N2S2. The van der Waals surface area contributed by atoms with Gasteiger partial charge in [-0.15, -0.1) is 22.7 Å². The van der Waals surface area contributed by atoms with Crippen LogP contribution in [0.1, 0.15) is 25.0 Å². The molecule has 0 saturated carbocycles. The SMILES string of the molecule is CC1(C)c2ccccc2-c2ccc(N(c3ccc4sc(-c5ccccc5)nc4c3)c3cccc4c3sc3ccccc34)cc21. The molecule has 1 aliphatic carbocycles. The van der Waals surface area contributed by atoms with Crippen LogP contribution in [0.5, 0.6) is 0 Å². The molecule has 0 fully saturated rings. The lowest BCUT2D eigenvalue weighted by Crippen LogP contribution is -2.16. The highest BCUT2D eigenvalue weighted by Gasteiger charge is 2.35. The van der Waals surface area contributed by atoms with Crippen LogP contribution in [0.2, 0.25) is 0 Å². The number of fused-ring (bicyclic) bond motifs is 7. The maximum absolute atomic E-state index is 5.11. The van der Waals surface area contributed by atoms with E-state index in [1.165, 1.54) is 52.8 Å². The van der Waals surface area contributed by atoms with Crippen LogP contribution in [0.4, 0.5) is 17.1 Å². The molecule has 210 valence electrons. The van der Waals surface area contributed by atoms with Crippen LogP contribution < -0.4 is 4.90 Å². The summed E-state index contributed by atoms with van der Waals surface area (Å²) in [5, 5.41) is 3.65. The highest BCUT2D eigenvalue weighted by molar-refractivity contribution is 7.26. The largest absolute Gasteiger partial charge is 0.309 e. The standard InChI is InChI=1S/C40H28N2S2/c1-40(2)32-16-8-6-13-28(32)29-21-19-26(23-33(29)40)42(35-17-10-15-31-30-14-7-9-18-36(30)43-38(31)35)27-20-22-37-34(24-27)41-39(44-37)25-11-4-3-5-12-25/h3-24H,1-2H3. The van der Waals surface area contributed by atoms with E-state index in [4.69, 9.17) is 4.98 Å². The maximum atomic E-state index is 5.11. The van der Waals surface area contributed by atoms with Crippen molar-refractivity contribution in [3.63, 3.8) is 0 Å². The first kappa shape index (κ1) is 25.7. The van der Waals surface area contributed by atoms with Crippen LogP contribution in [0.3, 0.4) is 0 Å². The lowest BCUT2D eigenvalue weighted by molar-refractivity contribution is 0.660. The number of thiazole rings is 1. The first-order chi connectivity index (χ1) is 21.6. The fraction of sp³-hybridized carbons (Fsp3) is 0.0750. The average Bonchev–Trinajstić information content (AvgIpc) is 3.73. The molecule has 9 rings (SSSR count). The number of aromatic nitrogens is 1. The highest BCUT2D eigenvalue weighted by atomic mass is 32.1. The van der Waals surface area contributed by atoms with E-state index in [1.807, 2.05) is 11.3 Å². The molecule has 0 bridgehead atoms. The highest BCUT2D eigenvalue weighted by Crippen LogP contribution is 2.52. The van der Waals surface area contributed by atoms with Crippen molar-refractivity contribution >= 4 is 70.1 Å². The molecule has 0 spiro atoms. The van der Waals surface area contributed by atoms with Crippen molar-refractivity contribution in [2.75, 3.05) is 4.90 Å². The number of benzene rings is 6. The van der Waals surface area contributed by atoms with Crippen LogP contribution in [0.15, 0.2) is 133 Å². The van der Waals surface area contributed by atoms with Gasteiger partial charge < -0.3 is 4.90 Å². The summed E-state index contributed by atoms with van der Waals surface area (Å²) in [6, 6.07) is 48.6. The number of nitrogens with zero attached hydrogens (tertiary/aromatic N) is 2. The van der Waals surface area contributed by atoms with Gasteiger partial charge in [-0.05, 0) is 64.7 Å². The van der Waals surface area contributed by atoms with E-state index in [-0.39, 0.29) is 5.41 Å². The first-order valence-corrected chi connectivity index (χ1v) is 16.6. The molecule has 0 amide bonds. The molecule has 0 N–H and O–H groups in total. The van der Waals surface area contributed by atoms with Gasteiger partial charge in [0.15, 0.2) is 0 Å². The smallest absolute Gasteiger partial charge is 0.124 e. The van der Waals surface area contributed by atoms with E-state index in [9.17, 15) is 0 Å². The van der Waals surface area contributed by atoms with Gasteiger partial charge in [0.1, 0.15) is 5.01 Å². The Morgan fingerprint density at radius 2 is 1.30 bits per heavy atom. The van der Waals surface area contributed by atoms with E-state index in [2.05, 4.69) is 152 Å². The molecule has 0 atom stereocenters. The third-order valence-corrected chi connectivity index (χ3v) is 11.4. The topological polar surface area (TPSA) is 16.1 Å². The lowest BCUT2D eigenvalue weighted by Gasteiger charge is -2.28. The predicted molar refractivity (Wildman–Crippen MR) is 190 cm³/mol. The minimum absolute atomic E-state index is 0.0827. The van der Waals surface area contributed by atoms with Crippen molar-refractivity contribution < 1.29 is 0 Å². The van der Waals surface area contributed by atoms with Gasteiger partial charge in [0.05, 0.1) is 20.6 Å². The molecule has 2 nitrogen and oxygen atoms in total. The lowest BCUT2D eigenvalue weighted by atomic mass is 9.82. The summed E-state index contributed by atoms with van der Waals surface area (Å²) in [6.45, 7) is 4.70. The van der Waals surface area contributed by atoms with E-state index in [0.29, 0.717) is 0 Å². The normalized spacial score (nSPS) is 13.4. The molecule has 0 aliphatic heterocycles. The molecule has 0 unspecified atom stereocenters. The molecule has 44 heavy (non-hydrogen) atoms. The van der Waals surface area contributed by atoms with Gasteiger partial charge in [-0.2, -0.15) is 0 Å². The molecule has 2 heterocycles. The molecular weight excluding hydrogens is 573 g/mol. The van der Waals surface area contributed by atoms with Crippen molar-refractivity contribution in [1.29, 1.82) is 0 Å². The van der Waals surface area contributed by atoms with Crippen molar-refractivity contribution in [2.24, 2.45) is 0 Å². The summed E-state index contributed by atoms with van der Waals surface area (Å²) < 4.78 is 3.79. The Bertz CT molecular complexity index is 2380. The van der Waals surface area contributed by atoms with Crippen LogP contribution in [0.25, 0.3) is 52.1 Å². The van der Waals surface area contributed by atoms with Gasteiger partial charge in [-0.1, -0.05) is 105 Å². The van der Waals surface area contributed by atoms with Crippen molar-refractivity contribution in [2.45, 2.75) is 19.3 Å². The molecule has 6 aromatic carbocycles. The molecule has 0 saturated heterocycles. The fourth-order valence-electron chi connectivity index (χ4n) is 6.93. The van der Waals surface area contributed by atoms with Gasteiger partial charge in [0, 0.05) is 37.8 Å². The van der Waals surface area contributed by atoms with E-state index < -0.39 is 0 Å². The van der Waals surface area contributed by atoms with E-state index >= 15 is 0 Å².